The van der Waals surface area contributed by atoms with Gasteiger partial charge < -0.3 is 15.0 Å². The second-order valence-electron chi connectivity index (χ2n) is 7.30. The second kappa shape index (κ2) is 9.86. The molecule has 4 heteroatoms. The molecule has 1 N–H and O–H groups in total. The van der Waals surface area contributed by atoms with E-state index in [1.54, 1.807) is 0 Å². The van der Waals surface area contributed by atoms with E-state index in [2.05, 4.69) is 35.9 Å². The van der Waals surface area contributed by atoms with Crippen molar-refractivity contribution in [3.63, 3.8) is 0 Å². The summed E-state index contributed by atoms with van der Waals surface area (Å²) >= 11 is 0. The molecular formula is C18H37N3O. The van der Waals surface area contributed by atoms with E-state index in [9.17, 15) is 0 Å². The van der Waals surface area contributed by atoms with Crippen LogP contribution in [0.1, 0.15) is 46.5 Å². The van der Waals surface area contributed by atoms with Gasteiger partial charge in [-0.1, -0.05) is 6.92 Å². The summed E-state index contributed by atoms with van der Waals surface area (Å²) in [5.74, 6) is 0.902. The van der Waals surface area contributed by atoms with Gasteiger partial charge in [-0.15, -0.1) is 0 Å². The topological polar surface area (TPSA) is 27.7 Å². The van der Waals surface area contributed by atoms with Gasteiger partial charge in [-0.2, -0.15) is 0 Å². The van der Waals surface area contributed by atoms with Crippen LogP contribution in [0.15, 0.2) is 0 Å². The third-order valence-corrected chi connectivity index (χ3v) is 5.33. The SMILES string of the molecule is CCNCCOC1CCC(CN2CCN(C(C)C)CC2)CC1. The Morgan fingerprint density at radius 3 is 2.32 bits per heavy atom. The fraction of sp³-hybridized carbons (Fsp3) is 1.00. The van der Waals surface area contributed by atoms with Gasteiger partial charge in [0.15, 0.2) is 0 Å². The minimum atomic E-state index is 0.521. The van der Waals surface area contributed by atoms with Crippen LogP contribution in [0.4, 0.5) is 0 Å². The smallest absolute Gasteiger partial charge is 0.0594 e. The van der Waals surface area contributed by atoms with Gasteiger partial charge in [0.25, 0.3) is 0 Å². The van der Waals surface area contributed by atoms with Crippen LogP contribution in [-0.4, -0.2) is 74.4 Å². The first-order valence-electron chi connectivity index (χ1n) is 9.47. The Morgan fingerprint density at radius 1 is 1.05 bits per heavy atom. The summed E-state index contributed by atoms with van der Waals surface area (Å²) < 4.78 is 5.98. The molecule has 1 heterocycles. The van der Waals surface area contributed by atoms with E-state index in [1.807, 2.05) is 0 Å². The van der Waals surface area contributed by atoms with Crippen molar-refractivity contribution in [3.8, 4) is 0 Å². The van der Waals surface area contributed by atoms with Crippen LogP contribution in [0.2, 0.25) is 0 Å². The van der Waals surface area contributed by atoms with Crippen LogP contribution in [0.3, 0.4) is 0 Å². The molecule has 1 saturated carbocycles. The molecule has 0 radical (unpaired) electrons. The van der Waals surface area contributed by atoms with E-state index in [0.717, 1.165) is 25.6 Å². The monoisotopic (exact) mass is 311 g/mol. The standard InChI is InChI=1S/C18H37N3O/c1-4-19-9-14-22-18-7-5-17(6-8-18)15-20-10-12-21(13-11-20)16(2)3/h16-19H,4-15H2,1-3H3. The first-order valence-corrected chi connectivity index (χ1v) is 9.47. The number of nitrogens with one attached hydrogen (secondary N) is 1. The summed E-state index contributed by atoms with van der Waals surface area (Å²) in [6.45, 7) is 16.0. The molecule has 0 bridgehead atoms. The van der Waals surface area contributed by atoms with E-state index in [4.69, 9.17) is 4.74 Å². The minimum absolute atomic E-state index is 0.521. The molecule has 2 aliphatic rings. The maximum Gasteiger partial charge on any atom is 0.0594 e. The van der Waals surface area contributed by atoms with Gasteiger partial charge in [-0.3, -0.25) is 4.90 Å². The lowest BCUT2D eigenvalue weighted by Crippen LogP contribution is -2.50. The van der Waals surface area contributed by atoms with Crippen LogP contribution < -0.4 is 5.32 Å². The zero-order valence-electron chi connectivity index (χ0n) is 15.0. The molecule has 22 heavy (non-hydrogen) atoms. The van der Waals surface area contributed by atoms with Crippen molar-refractivity contribution >= 4 is 0 Å². The molecular weight excluding hydrogens is 274 g/mol. The molecule has 1 aliphatic heterocycles. The van der Waals surface area contributed by atoms with Crippen molar-refractivity contribution in [1.82, 2.24) is 15.1 Å². The fourth-order valence-corrected chi connectivity index (χ4v) is 3.78. The molecule has 2 fully saturated rings. The van der Waals surface area contributed by atoms with Crippen LogP contribution in [0.5, 0.6) is 0 Å². The summed E-state index contributed by atoms with van der Waals surface area (Å²) in [7, 11) is 0. The summed E-state index contributed by atoms with van der Waals surface area (Å²) in [5.41, 5.74) is 0. The first-order chi connectivity index (χ1) is 10.7. The third kappa shape index (κ3) is 6.15. The fourth-order valence-electron chi connectivity index (χ4n) is 3.78. The second-order valence-corrected chi connectivity index (χ2v) is 7.30. The van der Waals surface area contributed by atoms with E-state index < -0.39 is 0 Å². The maximum atomic E-state index is 5.98. The molecule has 0 aromatic rings. The number of ether oxygens (including phenoxy) is 1. The lowest BCUT2D eigenvalue weighted by Gasteiger charge is -2.39. The van der Waals surface area contributed by atoms with Crippen molar-refractivity contribution in [2.75, 3.05) is 52.4 Å². The molecule has 0 aromatic heterocycles. The number of piperazine rings is 1. The molecule has 0 atom stereocenters. The molecule has 1 aliphatic carbocycles. The number of hydrogen-bond acceptors (Lipinski definition) is 4. The Kier molecular flexibility index (Phi) is 8.15. The summed E-state index contributed by atoms with van der Waals surface area (Å²) in [4.78, 5) is 5.29. The van der Waals surface area contributed by atoms with Crippen molar-refractivity contribution in [2.45, 2.75) is 58.6 Å². The van der Waals surface area contributed by atoms with Gasteiger partial charge in [0.05, 0.1) is 12.7 Å². The van der Waals surface area contributed by atoms with Crippen molar-refractivity contribution in [2.24, 2.45) is 5.92 Å². The highest BCUT2D eigenvalue weighted by atomic mass is 16.5. The maximum absolute atomic E-state index is 5.98. The Bertz CT molecular complexity index is 282. The van der Waals surface area contributed by atoms with Crippen LogP contribution in [0.25, 0.3) is 0 Å². The predicted octanol–water partition coefficient (Wildman–Crippen LogP) is 2.20. The van der Waals surface area contributed by atoms with Crippen molar-refractivity contribution in [3.05, 3.63) is 0 Å². The Hall–Kier alpha value is -0.160. The molecule has 130 valence electrons. The van der Waals surface area contributed by atoms with Gasteiger partial charge in [0, 0.05) is 45.3 Å². The largest absolute Gasteiger partial charge is 0.377 e. The molecule has 0 spiro atoms. The van der Waals surface area contributed by atoms with Crippen LogP contribution >= 0.6 is 0 Å². The third-order valence-electron chi connectivity index (χ3n) is 5.33. The van der Waals surface area contributed by atoms with E-state index in [-0.39, 0.29) is 0 Å². The molecule has 4 nitrogen and oxygen atoms in total. The zero-order valence-corrected chi connectivity index (χ0v) is 15.0. The van der Waals surface area contributed by atoms with Crippen molar-refractivity contribution < 1.29 is 4.74 Å². The lowest BCUT2D eigenvalue weighted by atomic mass is 9.87. The van der Waals surface area contributed by atoms with Gasteiger partial charge in [0.1, 0.15) is 0 Å². The van der Waals surface area contributed by atoms with Gasteiger partial charge in [-0.05, 0) is 52.0 Å². The Balaban J connectivity index is 1.56. The van der Waals surface area contributed by atoms with Crippen molar-refractivity contribution in [1.29, 1.82) is 0 Å². The molecule has 1 saturated heterocycles. The first kappa shape index (κ1) is 18.2. The molecule has 0 amide bonds. The van der Waals surface area contributed by atoms with Gasteiger partial charge >= 0.3 is 0 Å². The van der Waals surface area contributed by atoms with Gasteiger partial charge in [0.2, 0.25) is 0 Å². The summed E-state index contributed by atoms with van der Waals surface area (Å²) in [6.07, 6.45) is 5.77. The summed E-state index contributed by atoms with van der Waals surface area (Å²) in [6, 6.07) is 0.705. The lowest BCUT2D eigenvalue weighted by molar-refractivity contribution is 0.0123. The average Bonchev–Trinajstić information content (AvgIpc) is 2.54. The highest BCUT2D eigenvalue weighted by Crippen LogP contribution is 2.27. The minimum Gasteiger partial charge on any atom is -0.377 e. The quantitative estimate of drug-likeness (QED) is 0.696. The van der Waals surface area contributed by atoms with Crippen LogP contribution in [-0.2, 0) is 4.74 Å². The van der Waals surface area contributed by atoms with Crippen LogP contribution in [0, 0.1) is 5.92 Å². The number of rotatable bonds is 8. The summed E-state index contributed by atoms with van der Waals surface area (Å²) in [5, 5.41) is 3.33. The highest BCUT2D eigenvalue weighted by molar-refractivity contribution is 4.79. The number of likely N-dealkylation sites (N-methyl/N-ethyl adjacent to an activating group) is 1. The molecule has 0 aromatic carbocycles. The Morgan fingerprint density at radius 2 is 1.73 bits per heavy atom. The predicted molar refractivity (Wildman–Crippen MR) is 93.4 cm³/mol. The highest BCUT2D eigenvalue weighted by Gasteiger charge is 2.25. The van der Waals surface area contributed by atoms with E-state index >= 15 is 0 Å². The number of hydrogen-bond donors (Lipinski definition) is 1. The average molecular weight is 312 g/mol. The van der Waals surface area contributed by atoms with E-state index in [1.165, 1.54) is 58.4 Å². The normalized spacial score (nSPS) is 28.4. The zero-order chi connectivity index (χ0) is 15.8. The Labute approximate surface area is 137 Å². The number of nitrogens with zero attached hydrogens (tertiary/aromatic N) is 2. The molecule has 0 unspecified atom stereocenters. The van der Waals surface area contributed by atoms with E-state index in [0.29, 0.717) is 12.1 Å². The molecule has 2 rings (SSSR count). The van der Waals surface area contributed by atoms with Gasteiger partial charge in [-0.25, -0.2) is 0 Å².